The highest BCUT2D eigenvalue weighted by molar-refractivity contribution is 6.31. The zero-order valence-corrected chi connectivity index (χ0v) is 19.4. The van der Waals surface area contributed by atoms with Crippen LogP contribution in [0.5, 0.6) is 11.5 Å². The third-order valence-corrected chi connectivity index (χ3v) is 7.21. The highest BCUT2D eigenvalue weighted by Crippen LogP contribution is 2.69. The van der Waals surface area contributed by atoms with Crippen LogP contribution in [0.25, 0.3) is 0 Å². The number of nitrogens with zero attached hydrogens (tertiary/aromatic N) is 1. The molecule has 0 saturated heterocycles. The van der Waals surface area contributed by atoms with Gasteiger partial charge in [-0.1, -0.05) is 17.7 Å². The average Bonchev–Trinajstić information content (AvgIpc) is 2.72. The van der Waals surface area contributed by atoms with Crippen LogP contribution < -0.4 is 19.7 Å². The van der Waals surface area contributed by atoms with Crippen molar-refractivity contribution in [2.45, 2.75) is 44.2 Å². The molecule has 4 aliphatic rings. The highest BCUT2D eigenvalue weighted by Gasteiger charge is 2.68. The lowest BCUT2D eigenvalue weighted by molar-refractivity contribution is -0.175. The van der Waals surface area contributed by atoms with Gasteiger partial charge in [-0.05, 0) is 61.4 Å². The number of rotatable bonds is 7. The van der Waals surface area contributed by atoms with Gasteiger partial charge in [-0.3, -0.25) is 9.59 Å². The first-order valence-corrected chi connectivity index (χ1v) is 11.4. The molecular formula is C25H26ClFN2O4. The van der Waals surface area contributed by atoms with Crippen molar-refractivity contribution >= 4 is 29.0 Å². The smallest absolute Gasteiger partial charge is 0.263 e. The number of likely N-dealkylation sites (N-methyl/N-ethyl adjacent to an activating group) is 1. The van der Waals surface area contributed by atoms with Gasteiger partial charge in [0.15, 0.2) is 11.9 Å². The zero-order valence-electron chi connectivity index (χ0n) is 18.6. The second-order valence-electron chi connectivity index (χ2n) is 9.81. The lowest BCUT2D eigenvalue weighted by Crippen LogP contribution is -2.76. The number of ketones is 1. The Morgan fingerprint density at radius 3 is 2.73 bits per heavy atom. The minimum atomic E-state index is -0.599. The maximum atomic E-state index is 13.6. The maximum absolute atomic E-state index is 13.6. The molecule has 2 aromatic carbocycles. The van der Waals surface area contributed by atoms with E-state index in [2.05, 4.69) is 5.32 Å². The zero-order chi connectivity index (χ0) is 23.4. The Hall–Kier alpha value is -2.80. The topological polar surface area (TPSA) is 67.9 Å². The Kier molecular flexibility index (Phi) is 5.27. The van der Waals surface area contributed by atoms with Gasteiger partial charge in [0, 0.05) is 30.1 Å². The molecule has 2 aromatic rings. The molecule has 1 atom stereocenters. The first kappa shape index (κ1) is 22.0. The normalized spacial score (nSPS) is 26.9. The summed E-state index contributed by atoms with van der Waals surface area (Å²) in [4.78, 5) is 27.3. The van der Waals surface area contributed by atoms with Crippen molar-refractivity contribution in [3.05, 3.63) is 52.8 Å². The molecule has 0 radical (unpaired) electrons. The molecule has 3 aliphatic carbocycles. The summed E-state index contributed by atoms with van der Waals surface area (Å²) in [5.74, 6) is 0.503. The van der Waals surface area contributed by atoms with Crippen molar-refractivity contribution < 1.29 is 23.5 Å². The lowest BCUT2D eigenvalue weighted by atomic mass is 9.38. The fourth-order valence-corrected chi connectivity index (χ4v) is 5.69. The number of ether oxygens (including phenoxy) is 2. The quantitative estimate of drug-likeness (QED) is 0.658. The number of nitrogens with one attached hydrogen (secondary N) is 1. The van der Waals surface area contributed by atoms with Crippen LogP contribution in [0.1, 0.15) is 31.2 Å². The van der Waals surface area contributed by atoms with E-state index in [0.717, 1.165) is 24.9 Å². The number of aryl methyl sites for hydroxylation is 1. The van der Waals surface area contributed by atoms with Gasteiger partial charge >= 0.3 is 0 Å². The third-order valence-electron chi connectivity index (χ3n) is 6.98. The van der Waals surface area contributed by atoms with Crippen LogP contribution in [0.2, 0.25) is 5.02 Å². The number of halogens is 2. The van der Waals surface area contributed by atoms with Crippen molar-refractivity contribution in [3.63, 3.8) is 0 Å². The molecule has 6 rings (SSSR count). The number of carbonyl (C=O) groups excluding carboxylic acids is 2. The molecule has 2 bridgehead atoms. The number of fused-ring (bicyclic) bond motifs is 1. The second kappa shape index (κ2) is 7.90. The monoisotopic (exact) mass is 472 g/mol. The summed E-state index contributed by atoms with van der Waals surface area (Å²) >= 11 is 6.06. The fourth-order valence-electron chi connectivity index (χ4n) is 5.52. The number of anilines is 1. The largest absolute Gasteiger partial charge is 0.486 e. The van der Waals surface area contributed by atoms with Crippen molar-refractivity contribution in [1.29, 1.82) is 0 Å². The Morgan fingerprint density at radius 2 is 2.00 bits per heavy atom. The van der Waals surface area contributed by atoms with Gasteiger partial charge in [0.05, 0.1) is 12.2 Å². The molecule has 6 nitrogen and oxygen atoms in total. The lowest BCUT2D eigenvalue weighted by Gasteiger charge is -2.70. The molecule has 1 heterocycles. The van der Waals surface area contributed by atoms with E-state index >= 15 is 0 Å². The number of amides is 1. The van der Waals surface area contributed by atoms with E-state index in [1.54, 1.807) is 31.2 Å². The first-order valence-electron chi connectivity index (χ1n) is 11.1. The number of hydrogen-bond donors (Lipinski definition) is 1. The Balaban J connectivity index is 1.10. The van der Waals surface area contributed by atoms with Crippen molar-refractivity contribution in [2.24, 2.45) is 5.41 Å². The molecule has 1 N–H and O–H groups in total. The van der Waals surface area contributed by atoms with Crippen LogP contribution >= 0.6 is 11.6 Å². The van der Waals surface area contributed by atoms with Crippen LogP contribution in [-0.2, 0) is 9.59 Å². The van der Waals surface area contributed by atoms with E-state index in [1.165, 1.54) is 6.07 Å². The summed E-state index contributed by atoms with van der Waals surface area (Å²) in [6, 6.07) is 9.94. The van der Waals surface area contributed by atoms with Gasteiger partial charge in [0.25, 0.3) is 5.91 Å². The molecule has 0 aromatic heterocycles. The SMILES string of the molecule is Cc1ccc(OCC(=O)CC23CC(NC(=O)C4CN(C)c5cc(Cl)ccc5O4)(C2)C3)cc1F. The van der Waals surface area contributed by atoms with Crippen LogP contribution in [0.4, 0.5) is 10.1 Å². The van der Waals surface area contributed by atoms with Crippen LogP contribution in [0.3, 0.4) is 0 Å². The van der Waals surface area contributed by atoms with Crippen LogP contribution in [-0.4, -0.2) is 43.5 Å². The van der Waals surface area contributed by atoms with Crippen LogP contribution in [0, 0.1) is 18.2 Å². The number of hydrogen-bond acceptors (Lipinski definition) is 5. The minimum Gasteiger partial charge on any atom is -0.486 e. The summed E-state index contributed by atoms with van der Waals surface area (Å²) < 4.78 is 25.0. The van der Waals surface area contributed by atoms with Gasteiger partial charge in [-0.25, -0.2) is 4.39 Å². The predicted molar refractivity (Wildman–Crippen MR) is 123 cm³/mol. The Morgan fingerprint density at radius 1 is 1.24 bits per heavy atom. The predicted octanol–water partition coefficient (Wildman–Crippen LogP) is 4.06. The molecule has 1 amide bonds. The molecular weight excluding hydrogens is 447 g/mol. The number of benzene rings is 2. The number of carbonyl (C=O) groups is 2. The summed E-state index contributed by atoms with van der Waals surface area (Å²) in [6.45, 7) is 2.04. The van der Waals surface area contributed by atoms with Gasteiger partial charge in [0.1, 0.15) is 23.9 Å². The molecule has 3 saturated carbocycles. The van der Waals surface area contributed by atoms with Gasteiger partial charge in [-0.15, -0.1) is 0 Å². The van der Waals surface area contributed by atoms with Gasteiger partial charge < -0.3 is 19.7 Å². The summed E-state index contributed by atoms with van der Waals surface area (Å²) in [5, 5.41) is 3.78. The Labute approximate surface area is 197 Å². The molecule has 3 fully saturated rings. The Bertz CT molecular complexity index is 1120. The van der Waals surface area contributed by atoms with E-state index in [4.69, 9.17) is 21.1 Å². The minimum absolute atomic E-state index is 0.0110. The van der Waals surface area contributed by atoms with Gasteiger partial charge in [0.2, 0.25) is 0 Å². The summed E-state index contributed by atoms with van der Waals surface area (Å²) in [5.41, 5.74) is 1.11. The average molecular weight is 473 g/mol. The maximum Gasteiger partial charge on any atom is 0.263 e. The van der Waals surface area contributed by atoms with Crippen molar-refractivity contribution in [2.75, 3.05) is 25.1 Å². The summed E-state index contributed by atoms with van der Waals surface area (Å²) in [6.07, 6.45) is 2.16. The summed E-state index contributed by atoms with van der Waals surface area (Å²) in [7, 11) is 1.91. The standard InChI is InChI=1S/C25H26ClFN2O4/c1-15-3-5-18(8-19(15)27)32-11-17(30)9-24-12-25(13-24,14-24)28-23(31)22-10-29(2)20-7-16(26)4-6-21(20)33-22/h3-8,22H,9-14H2,1-2H3,(H,28,31). The van der Waals surface area contributed by atoms with E-state index < -0.39 is 6.10 Å². The molecule has 8 heteroatoms. The molecule has 0 spiro atoms. The third kappa shape index (κ3) is 4.14. The van der Waals surface area contributed by atoms with E-state index in [-0.39, 0.29) is 35.1 Å². The highest BCUT2D eigenvalue weighted by atomic mass is 35.5. The van der Waals surface area contributed by atoms with Crippen molar-refractivity contribution in [1.82, 2.24) is 5.32 Å². The molecule has 33 heavy (non-hydrogen) atoms. The van der Waals surface area contributed by atoms with E-state index in [9.17, 15) is 14.0 Å². The second-order valence-corrected chi connectivity index (χ2v) is 10.3. The van der Waals surface area contributed by atoms with Crippen molar-refractivity contribution in [3.8, 4) is 11.5 Å². The van der Waals surface area contributed by atoms with Gasteiger partial charge in [-0.2, -0.15) is 0 Å². The van der Waals surface area contributed by atoms with Crippen LogP contribution in [0.15, 0.2) is 36.4 Å². The molecule has 1 aliphatic heterocycles. The molecule has 1 unspecified atom stereocenters. The molecule has 174 valence electrons. The fraction of sp³-hybridized carbons (Fsp3) is 0.440. The number of Topliss-reactive ketones (excluding diaryl/α,β-unsaturated/α-hetero) is 1. The van der Waals surface area contributed by atoms with E-state index in [1.807, 2.05) is 18.0 Å². The van der Waals surface area contributed by atoms with E-state index in [0.29, 0.717) is 35.1 Å². The first-order chi connectivity index (χ1) is 15.7.